The van der Waals surface area contributed by atoms with Crippen molar-refractivity contribution in [1.29, 1.82) is 0 Å². The Morgan fingerprint density at radius 3 is 2.31 bits per heavy atom. The second-order valence-corrected chi connectivity index (χ2v) is 7.73. The van der Waals surface area contributed by atoms with Crippen LogP contribution in [0.1, 0.15) is 12.5 Å². The molecule has 0 amide bonds. The Bertz CT molecular complexity index is 980. The predicted molar refractivity (Wildman–Crippen MR) is 119 cm³/mol. The van der Waals surface area contributed by atoms with Crippen molar-refractivity contribution in [1.82, 2.24) is 14.9 Å². The van der Waals surface area contributed by atoms with Crippen LogP contribution < -0.4 is 9.80 Å². The monoisotopic (exact) mass is 385 g/mol. The molecule has 0 radical (unpaired) electrons. The normalized spacial score (nSPS) is 16.9. The predicted octanol–water partition coefficient (Wildman–Crippen LogP) is 3.98. The molecule has 3 aromatic rings. The minimum Gasteiger partial charge on any atom is -0.354 e. The number of para-hydroxylation sites is 1. The smallest absolute Gasteiger partial charge is 0.163 e. The molecular weight excluding hydrogens is 358 g/mol. The van der Waals surface area contributed by atoms with Crippen LogP contribution in [0.5, 0.6) is 0 Å². The average Bonchev–Trinajstić information content (AvgIpc) is 3.24. The summed E-state index contributed by atoms with van der Waals surface area (Å²) in [5.41, 5.74) is 3.73. The molecule has 2 aliphatic rings. The summed E-state index contributed by atoms with van der Waals surface area (Å²) in [6, 6.07) is 21.2. The van der Waals surface area contributed by atoms with Gasteiger partial charge in [-0.05, 0) is 24.6 Å². The number of aromatic nitrogens is 2. The Hall–Kier alpha value is -2.92. The molecule has 1 saturated heterocycles. The van der Waals surface area contributed by atoms with E-state index in [1.807, 2.05) is 6.07 Å². The van der Waals surface area contributed by atoms with Gasteiger partial charge >= 0.3 is 0 Å². The van der Waals surface area contributed by atoms with Gasteiger partial charge in [-0.2, -0.15) is 0 Å². The molecule has 0 spiro atoms. The van der Waals surface area contributed by atoms with Gasteiger partial charge in [0.05, 0.1) is 0 Å². The standard InChI is InChI=1S/C24H27N5/c1-2-27-14-16-28(17-15-27)22-18-23(26-24(25-22)20-9-4-3-5-10-20)29-13-12-19-8-6-7-11-21(19)29/h3-11,18H,2,12-17H2,1H3. The van der Waals surface area contributed by atoms with Crippen molar-refractivity contribution >= 4 is 17.3 Å². The molecule has 0 bridgehead atoms. The van der Waals surface area contributed by atoms with Gasteiger partial charge in [0.25, 0.3) is 0 Å². The number of anilines is 3. The van der Waals surface area contributed by atoms with Crippen LogP contribution in [-0.2, 0) is 6.42 Å². The first-order chi connectivity index (χ1) is 14.3. The summed E-state index contributed by atoms with van der Waals surface area (Å²) in [5.74, 6) is 2.84. The van der Waals surface area contributed by atoms with Crippen LogP contribution >= 0.6 is 0 Å². The van der Waals surface area contributed by atoms with E-state index in [9.17, 15) is 0 Å². The van der Waals surface area contributed by atoms with Gasteiger partial charge < -0.3 is 14.7 Å². The van der Waals surface area contributed by atoms with Gasteiger partial charge in [-0.3, -0.25) is 0 Å². The first-order valence-corrected chi connectivity index (χ1v) is 10.6. The molecule has 3 heterocycles. The first kappa shape index (κ1) is 18.1. The number of nitrogens with zero attached hydrogens (tertiary/aromatic N) is 5. The fourth-order valence-corrected chi connectivity index (χ4v) is 4.31. The molecule has 1 aromatic heterocycles. The van der Waals surface area contributed by atoms with Crippen LogP contribution in [0.15, 0.2) is 60.7 Å². The maximum absolute atomic E-state index is 4.99. The minimum atomic E-state index is 0.806. The number of piperazine rings is 1. The van der Waals surface area contributed by atoms with Crippen molar-refractivity contribution in [2.45, 2.75) is 13.3 Å². The SMILES string of the molecule is CCN1CCN(c2cc(N3CCc4ccccc43)nc(-c3ccccc3)n2)CC1. The topological polar surface area (TPSA) is 35.5 Å². The number of fused-ring (bicyclic) bond motifs is 1. The van der Waals surface area contributed by atoms with Gasteiger partial charge in [0, 0.05) is 50.0 Å². The summed E-state index contributed by atoms with van der Waals surface area (Å²) in [6.07, 6.45) is 1.06. The molecule has 0 unspecified atom stereocenters. The number of rotatable bonds is 4. The highest BCUT2D eigenvalue weighted by Gasteiger charge is 2.24. The Morgan fingerprint density at radius 2 is 1.52 bits per heavy atom. The lowest BCUT2D eigenvalue weighted by atomic mass is 10.2. The Labute approximate surface area is 172 Å². The molecule has 1 fully saturated rings. The molecule has 29 heavy (non-hydrogen) atoms. The summed E-state index contributed by atoms with van der Waals surface area (Å²) in [5, 5.41) is 0. The third-order valence-corrected chi connectivity index (χ3v) is 6.04. The number of likely N-dealkylation sites (N-methyl/N-ethyl adjacent to an activating group) is 1. The zero-order valence-corrected chi connectivity index (χ0v) is 17.0. The lowest BCUT2D eigenvalue weighted by molar-refractivity contribution is 0.270. The largest absolute Gasteiger partial charge is 0.354 e. The molecule has 0 N–H and O–H groups in total. The average molecular weight is 386 g/mol. The molecule has 5 heteroatoms. The van der Waals surface area contributed by atoms with E-state index in [0.29, 0.717) is 0 Å². The van der Waals surface area contributed by atoms with Gasteiger partial charge in [-0.25, -0.2) is 9.97 Å². The van der Waals surface area contributed by atoms with Crippen LogP contribution in [0.3, 0.4) is 0 Å². The lowest BCUT2D eigenvalue weighted by Crippen LogP contribution is -2.46. The van der Waals surface area contributed by atoms with E-state index < -0.39 is 0 Å². The molecule has 0 aliphatic carbocycles. The lowest BCUT2D eigenvalue weighted by Gasteiger charge is -2.35. The molecule has 5 nitrogen and oxygen atoms in total. The highest BCUT2D eigenvalue weighted by Crippen LogP contribution is 2.35. The molecule has 148 valence electrons. The zero-order valence-electron chi connectivity index (χ0n) is 17.0. The van der Waals surface area contributed by atoms with E-state index in [4.69, 9.17) is 9.97 Å². The Balaban J connectivity index is 1.55. The van der Waals surface area contributed by atoms with Crippen LogP contribution in [0, 0.1) is 0 Å². The minimum absolute atomic E-state index is 0.806. The van der Waals surface area contributed by atoms with Gasteiger partial charge in [-0.1, -0.05) is 55.5 Å². The first-order valence-electron chi connectivity index (χ1n) is 10.6. The maximum Gasteiger partial charge on any atom is 0.163 e. The van der Waals surface area contributed by atoms with Crippen LogP contribution in [0.4, 0.5) is 17.3 Å². The van der Waals surface area contributed by atoms with Crippen molar-refractivity contribution in [3.63, 3.8) is 0 Å². The second-order valence-electron chi connectivity index (χ2n) is 7.73. The van der Waals surface area contributed by atoms with E-state index in [1.165, 1.54) is 11.3 Å². The van der Waals surface area contributed by atoms with Gasteiger partial charge in [0.2, 0.25) is 0 Å². The summed E-state index contributed by atoms with van der Waals surface area (Å²) in [7, 11) is 0. The Kier molecular flexibility index (Phi) is 4.90. The highest BCUT2D eigenvalue weighted by molar-refractivity contribution is 5.71. The number of hydrogen-bond donors (Lipinski definition) is 0. The zero-order chi connectivity index (χ0) is 19.6. The van der Waals surface area contributed by atoms with Crippen molar-refractivity contribution in [3.05, 3.63) is 66.2 Å². The van der Waals surface area contributed by atoms with E-state index in [0.717, 1.165) is 68.7 Å². The molecular formula is C24H27N5. The number of hydrogen-bond acceptors (Lipinski definition) is 5. The Morgan fingerprint density at radius 1 is 0.793 bits per heavy atom. The third kappa shape index (κ3) is 3.58. The second kappa shape index (κ2) is 7.84. The fraction of sp³-hybridized carbons (Fsp3) is 0.333. The van der Waals surface area contributed by atoms with Crippen molar-refractivity contribution < 1.29 is 0 Å². The quantitative estimate of drug-likeness (QED) is 0.679. The molecule has 0 saturated carbocycles. The van der Waals surface area contributed by atoms with Crippen LogP contribution in [0.25, 0.3) is 11.4 Å². The molecule has 0 atom stereocenters. The van der Waals surface area contributed by atoms with Gasteiger partial charge in [0.15, 0.2) is 5.82 Å². The van der Waals surface area contributed by atoms with Crippen molar-refractivity contribution in [2.24, 2.45) is 0 Å². The van der Waals surface area contributed by atoms with E-state index in [1.54, 1.807) is 0 Å². The van der Waals surface area contributed by atoms with Crippen molar-refractivity contribution in [2.75, 3.05) is 49.1 Å². The fourth-order valence-electron chi connectivity index (χ4n) is 4.31. The highest BCUT2D eigenvalue weighted by atomic mass is 15.3. The molecule has 2 aromatic carbocycles. The van der Waals surface area contributed by atoms with E-state index in [-0.39, 0.29) is 0 Å². The van der Waals surface area contributed by atoms with Crippen LogP contribution in [0.2, 0.25) is 0 Å². The van der Waals surface area contributed by atoms with E-state index >= 15 is 0 Å². The summed E-state index contributed by atoms with van der Waals surface area (Å²) < 4.78 is 0. The molecule has 5 rings (SSSR count). The third-order valence-electron chi connectivity index (χ3n) is 6.04. The molecule has 2 aliphatic heterocycles. The van der Waals surface area contributed by atoms with Gasteiger partial charge in [-0.15, -0.1) is 0 Å². The summed E-state index contributed by atoms with van der Waals surface area (Å²) in [4.78, 5) is 17.2. The summed E-state index contributed by atoms with van der Waals surface area (Å²) in [6.45, 7) is 8.50. The number of benzene rings is 2. The maximum atomic E-state index is 4.99. The van der Waals surface area contributed by atoms with Crippen molar-refractivity contribution in [3.8, 4) is 11.4 Å². The van der Waals surface area contributed by atoms with E-state index in [2.05, 4.69) is 76.2 Å². The van der Waals surface area contributed by atoms with Gasteiger partial charge in [0.1, 0.15) is 11.6 Å². The summed E-state index contributed by atoms with van der Waals surface area (Å²) >= 11 is 0. The van der Waals surface area contributed by atoms with Crippen LogP contribution in [-0.4, -0.2) is 54.1 Å².